The zero-order valence-corrected chi connectivity index (χ0v) is 29.2. The first-order valence-electron chi connectivity index (χ1n) is 15.8. The van der Waals surface area contributed by atoms with E-state index in [-0.39, 0.29) is 39.2 Å². The molecule has 0 spiro atoms. The first-order chi connectivity index (χ1) is 24.2. The van der Waals surface area contributed by atoms with Gasteiger partial charge in [0, 0.05) is 12.0 Å². The first kappa shape index (κ1) is 36.5. The Morgan fingerprint density at radius 1 is 0.902 bits per heavy atom. The molecule has 0 heterocycles. The highest BCUT2D eigenvalue weighted by molar-refractivity contribution is 7.93. The number of rotatable bonds is 13. The van der Waals surface area contributed by atoms with Crippen molar-refractivity contribution < 1.29 is 45.4 Å². The average molecular weight is 766 g/mol. The van der Waals surface area contributed by atoms with Crippen molar-refractivity contribution in [1.82, 2.24) is 0 Å². The van der Waals surface area contributed by atoms with E-state index in [4.69, 9.17) is 27.9 Å². The third-order valence-electron chi connectivity index (χ3n) is 8.83. The molecule has 2 aliphatic rings. The molecule has 2 fully saturated rings. The number of methoxy groups -OCH3 is 1. The van der Waals surface area contributed by atoms with Crippen molar-refractivity contribution in [3.05, 3.63) is 121 Å². The van der Waals surface area contributed by atoms with Crippen LogP contribution < -0.4 is 14.4 Å². The lowest BCUT2D eigenvalue weighted by atomic mass is 9.99. The highest BCUT2D eigenvalue weighted by Crippen LogP contribution is 2.46. The number of carboxylic acids is 1. The van der Waals surface area contributed by atoms with Crippen LogP contribution >= 0.6 is 23.2 Å². The molecule has 2 saturated carbocycles. The lowest BCUT2D eigenvalue weighted by molar-refractivity contribution is -0.116. The number of benzene rings is 4. The Morgan fingerprint density at radius 2 is 1.53 bits per heavy atom. The van der Waals surface area contributed by atoms with Crippen LogP contribution in [0, 0.1) is 23.3 Å². The van der Waals surface area contributed by atoms with Crippen LogP contribution in [0.1, 0.15) is 75.7 Å². The number of carboxylic acid groups (broad SMARTS) is 1. The number of hydrogen-bond donors (Lipinski definition) is 2. The summed E-state index contributed by atoms with van der Waals surface area (Å²) in [6.07, 6.45) is 3.34. The Kier molecular flexibility index (Phi) is 10.3. The van der Waals surface area contributed by atoms with E-state index in [9.17, 15) is 31.9 Å². The van der Waals surface area contributed by atoms with Crippen molar-refractivity contribution >= 4 is 56.5 Å². The van der Waals surface area contributed by atoms with Crippen molar-refractivity contribution in [1.29, 1.82) is 0 Å². The van der Waals surface area contributed by atoms with Crippen molar-refractivity contribution in [3.63, 3.8) is 0 Å². The number of aromatic carboxylic acids is 1. The molecule has 0 aromatic heterocycles. The highest BCUT2D eigenvalue weighted by atomic mass is 35.5. The van der Waals surface area contributed by atoms with Gasteiger partial charge in [-0.05, 0) is 84.0 Å². The van der Waals surface area contributed by atoms with Gasteiger partial charge in [0.15, 0.2) is 23.3 Å². The van der Waals surface area contributed by atoms with Crippen molar-refractivity contribution in [2.24, 2.45) is 0 Å². The summed E-state index contributed by atoms with van der Waals surface area (Å²) in [4.78, 5) is 26.8. The fraction of sp³-hybridized carbons (Fsp3) is 0.278. The Bertz CT molecular complexity index is 2150. The maximum atomic E-state index is 15.3. The zero-order chi connectivity index (χ0) is 36.8. The molecule has 0 bridgehead atoms. The molecule has 268 valence electrons. The molecule has 0 saturated heterocycles. The maximum Gasteiger partial charge on any atom is 0.335 e. The minimum Gasteiger partial charge on any atom is -0.495 e. The van der Waals surface area contributed by atoms with Gasteiger partial charge in [0.1, 0.15) is 11.5 Å². The molecule has 1 amide bonds. The van der Waals surface area contributed by atoms with Gasteiger partial charge < -0.3 is 14.7 Å². The fourth-order valence-electron chi connectivity index (χ4n) is 5.92. The predicted octanol–water partition coefficient (Wildman–Crippen LogP) is 8.58. The molecule has 8 nitrogen and oxygen atoms in total. The van der Waals surface area contributed by atoms with E-state index in [0.717, 1.165) is 41.7 Å². The minimum absolute atomic E-state index is 0.0178. The lowest BCUT2D eigenvalue weighted by Crippen LogP contribution is -2.37. The van der Waals surface area contributed by atoms with Crippen molar-refractivity contribution in [3.8, 4) is 5.75 Å². The normalized spacial score (nSPS) is 14.3. The number of hydrogen-bond acceptors (Lipinski definition) is 5. The van der Waals surface area contributed by atoms with Crippen LogP contribution in [0.25, 0.3) is 0 Å². The molecular weight excluding hydrogens is 735 g/mol. The molecule has 2 N–H and O–H groups in total. The number of amides is 1. The van der Waals surface area contributed by atoms with Gasteiger partial charge in [-0.2, -0.15) is 0 Å². The van der Waals surface area contributed by atoms with E-state index in [2.05, 4.69) is 6.07 Å². The number of anilines is 2. The van der Waals surface area contributed by atoms with Gasteiger partial charge in [0.2, 0.25) is 15.9 Å². The van der Waals surface area contributed by atoms with E-state index >= 15 is 8.78 Å². The molecule has 4 aromatic rings. The van der Waals surface area contributed by atoms with Crippen LogP contribution in [0.3, 0.4) is 0 Å². The lowest BCUT2D eigenvalue weighted by Gasteiger charge is -2.26. The number of nitrogens with one attached hydrogen (secondary N) is 1. The second kappa shape index (κ2) is 14.4. The van der Waals surface area contributed by atoms with Crippen LogP contribution in [0.5, 0.6) is 5.75 Å². The van der Waals surface area contributed by atoms with Crippen LogP contribution in [-0.4, -0.2) is 38.3 Å². The summed E-state index contributed by atoms with van der Waals surface area (Å²) in [5.74, 6) is -11.4. The van der Waals surface area contributed by atoms with E-state index in [1.54, 1.807) is 4.72 Å². The first-order valence-corrected chi connectivity index (χ1v) is 18.2. The summed E-state index contributed by atoms with van der Waals surface area (Å²) < 4.78 is 93.7. The molecular formula is C36H30Cl2F4N2O6S. The van der Waals surface area contributed by atoms with E-state index in [1.165, 1.54) is 43.5 Å². The number of ether oxygens (including phenoxy) is 1. The molecule has 0 unspecified atom stereocenters. The Labute approximate surface area is 301 Å². The van der Waals surface area contributed by atoms with Gasteiger partial charge >= 0.3 is 5.97 Å². The molecule has 0 atom stereocenters. The summed E-state index contributed by atoms with van der Waals surface area (Å²) in [5.41, 5.74) is 0.613. The van der Waals surface area contributed by atoms with Gasteiger partial charge in [0.05, 0.1) is 40.6 Å². The topological polar surface area (TPSA) is 113 Å². The predicted molar refractivity (Wildman–Crippen MR) is 184 cm³/mol. The number of halogens is 6. The summed E-state index contributed by atoms with van der Waals surface area (Å²) in [7, 11) is -3.73. The maximum absolute atomic E-state index is 15.3. The third-order valence-corrected chi connectivity index (χ3v) is 10.8. The number of carbonyl (C=O) groups is 2. The number of nitrogens with zero attached hydrogens (tertiary/aromatic N) is 1. The standard InChI is InChI=1S/C36H30Cl2F4N2O6S/c1-50-28-15-22(36(46)47)9-10-27(28)44(16-18-11-23(19-5-6-19)13-24(12-18)20-7-8-20)29(45)17-51(48,49)43-35-25(31(39)32(40)33(41)34(35)42)14-21-3-2-4-26(37)30(21)38/h2-4,9-13,15,19-20,43H,5-8,14,16-17H2,1H3,(H,46,47). The van der Waals surface area contributed by atoms with Gasteiger partial charge in [-0.1, -0.05) is 53.5 Å². The molecule has 4 aromatic carbocycles. The van der Waals surface area contributed by atoms with Crippen LogP contribution in [0.2, 0.25) is 10.0 Å². The van der Waals surface area contributed by atoms with Gasteiger partial charge in [0.25, 0.3) is 0 Å². The summed E-state index contributed by atoms with van der Waals surface area (Å²) in [6, 6.07) is 13.9. The molecule has 0 radical (unpaired) electrons. The van der Waals surface area contributed by atoms with Crippen LogP contribution in [0.4, 0.5) is 28.9 Å². The van der Waals surface area contributed by atoms with Crippen LogP contribution in [-0.2, 0) is 27.8 Å². The minimum atomic E-state index is -4.98. The Balaban J connectivity index is 1.37. The number of carbonyl (C=O) groups excluding carboxylic acids is 1. The summed E-state index contributed by atoms with van der Waals surface area (Å²) in [5, 5.41) is 9.43. The molecule has 6 rings (SSSR count). The molecule has 15 heteroatoms. The second-order valence-corrected chi connectivity index (χ2v) is 15.1. The average Bonchev–Trinajstić information content (AvgIpc) is 4.02. The summed E-state index contributed by atoms with van der Waals surface area (Å²) in [6.45, 7) is -0.163. The number of sulfonamides is 1. The second-order valence-electron chi connectivity index (χ2n) is 12.6. The zero-order valence-electron chi connectivity index (χ0n) is 26.9. The molecule has 2 aliphatic carbocycles. The van der Waals surface area contributed by atoms with Crippen molar-refractivity contribution in [2.75, 3.05) is 22.5 Å². The molecule has 51 heavy (non-hydrogen) atoms. The van der Waals surface area contributed by atoms with E-state index < -0.39 is 68.6 Å². The Hall–Kier alpha value is -4.33. The van der Waals surface area contributed by atoms with E-state index in [0.29, 0.717) is 17.4 Å². The van der Waals surface area contributed by atoms with E-state index in [1.807, 2.05) is 12.1 Å². The van der Waals surface area contributed by atoms with Crippen LogP contribution in [0.15, 0.2) is 54.6 Å². The Morgan fingerprint density at radius 3 is 2.12 bits per heavy atom. The molecule has 0 aliphatic heterocycles. The largest absolute Gasteiger partial charge is 0.495 e. The quantitative estimate of drug-likeness (QED) is 0.0802. The summed E-state index contributed by atoms with van der Waals surface area (Å²) >= 11 is 12.2. The van der Waals surface area contributed by atoms with Gasteiger partial charge in [-0.25, -0.2) is 30.8 Å². The van der Waals surface area contributed by atoms with Gasteiger partial charge in [-0.15, -0.1) is 0 Å². The smallest absolute Gasteiger partial charge is 0.335 e. The van der Waals surface area contributed by atoms with Crippen molar-refractivity contribution in [2.45, 2.75) is 50.5 Å². The third kappa shape index (κ3) is 7.95. The fourth-order valence-corrected chi connectivity index (χ4v) is 7.39. The highest BCUT2D eigenvalue weighted by Gasteiger charge is 2.33. The van der Waals surface area contributed by atoms with Gasteiger partial charge in [-0.3, -0.25) is 9.52 Å². The monoisotopic (exact) mass is 764 g/mol. The SMILES string of the molecule is COc1cc(C(=O)O)ccc1N(Cc1cc(C2CC2)cc(C2CC2)c1)C(=O)CS(=O)(=O)Nc1c(F)c(F)c(F)c(F)c1Cc1cccc(Cl)c1Cl.